The normalized spacial score (nSPS) is 14.7. The molecule has 9 heteroatoms. The molecule has 0 unspecified atom stereocenters. The van der Waals surface area contributed by atoms with Gasteiger partial charge in [-0.3, -0.25) is 24.6 Å². The molecule has 166 valence electrons. The number of carbonyl (C=O) groups excluding carboxylic acids is 2. The van der Waals surface area contributed by atoms with Gasteiger partial charge < -0.3 is 4.74 Å². The molecule has 0 spiro atoms. The van der Waals surface area contributed by atoms with Crippen molar-refractivity contribution in [2.45, 2.75) is 13.2 Å². The maximum absolute atomic E-state index is 13.1. The zero-order valence-corrected chi connectivity index (χ0v) is 18.0. The standard InChI is InChI=1S/C24H17FN2O5S/c25-19-8-6-17(7-9-19)15-32-21-11-10-20(27(30)31)12-18(21)13-22-23(28)26(24(29)33-22)14-16-4-2-1-3-5-16/h1-13H,14-15H2/b22-13-. The van der Waals surface area contributed by atoms with Gasteiger partial charge in [-0.05, 0) is 47.2 Å². The van der Waals surface area contributed by atoms with E-state index < -0.39 is 16.1 Å². The minimum Gasteiger partial charge on any atom is -0.488 e. The molecule has 1 fully saturated rings. The summed E-state index contributed by atoms with van der Waals surface area (Å²) in [4.78, 5) is 37.3. The van der Waals surface area contributed by atoms with Crippen LogP contribution in [0.15, 0.2) is 77.7 Å². The van der Waals surface area contributed by atoms with Crippen molar-refractivity contribution in [3.05, 3.63) is 110 Å². The molecule has 1 aliphatic heterocycles. The maximum atomic E-state index is 13.1. The van der Waals surface area contributed by atoms with Crippen LogP contribution in [0.5, 0.6) is 5.75 Å². The van der Waals surface area contributed by atoms with Gasteiger partial charge in [0.2, 0.25) is 0 Å². The van der Waals surface area contributed by atoms with Crippen LogP contribution >= 0.6 is 11.8 Å². The fourth-order valence-corrected chi connectivity index (χ4v) is 4.01. The Morgan fingerprint density at radius 3 is 2.42 bits per heavy atom. The second-order valence-electron chi connectivity index (χ2n) is 7.15. The molecule has 1 saturated heterocycles. The molecule has 0 bridgehead atoms. The average molecular weight is 464 g/mol. The number of rotatable bonds is 7. The van der Waals surface area contributed by atoms with E-state index in [1.807, 2.05) is 30.3 Å². The van der Waals surface area contributed by atoms with Gasteiger partial charge in [0.1, 0.15) is 18.2 Å². The van der Waals surface area contributed by atoms with Crippen LogP contribution in [-0.4, -0.2) is 21.0 Å². The third-order valence-electron chi connectivity index (χ3n) is 4.86. The van der Waals surface area contributed by atoms with Crippen LogP contribution in [-0.2, 0) is 17.9 Å². The highest BCUT2D eigenvalue weighted by Gasteiger charge is 2.35. The van der Waals surface area contributed by atoms with Crippen LogP contribution < -0.4 is 4.74 Å². The molecule has 0 radical (unpaired) electrons. The molecule has 3 aromatic carbocycles. The summed E-state index contributed by atoms with van der Waals surface area (Å²) < 4.78 is 18.9. The van der Waals surface area contributed by atoms with E-state index in [0.717, 1.165) is 22.2 Å². The number of carbonyl (C=O) groups is 2. The van der Waals surface area contributed by atoms with Gasteiger partial charge in [0.15, 0.2) is 0 Å². The van der Waals surface area contributed by atoms with E-state index in [9.17, 15) is 24.1 Å². The first-order chi connectivity index (χ1) is 15.9. The van der Waals surface area contributed by atoms with Gasteiger partial charge >= 0.3 is 0 Å². The van der Waals surface area contributed by atoms with Crippen LogP contribution in [0, 0.1) is 15.9 Å². The van der Waals surface area contributed by atoms with Gasteiger partial charge in [-0.25, -0.2) is 4.39 Å². The topological polar surface area (TPSA) is 89.7 Å². The molecule has 0 aliphatic carbocycles. The number of nitrogens with zero attached hydrogens (tertiary/aromatic N) is 2. The van der Waals surface area contributed by atoms with Gasteiger partial charge in [-0.2, -0.15) is 0 Å². The highest BCUT2D eigenvalue weighted by Crippen LogP contribution is 2.36. The minimum absolute atomic E-state index is 0.0917. The molecular weight excluding hydrogens is 447 g/mol. The van der Waals surface area contributed by atoms with Crippen molar-refractivity contribution in [3.8, 4) is 5.75 Å². The number of nitro groups is 1. The van der Waals surface area contributed by atoms with Crippen LogP contribution in [0.3, 0.4) is 0 Å². The number of amides is 2. The minimum atomic E-state index is -0.553. The fourth-order valence-electron chi connectivity index (χ4n) is 3.18. The Morgan fingerprint density at radius 2 is 1.73 bits per heavy atom. The summed E-state index contributed by atoms with van der Waals surface area (Å²) in [5.74, 6) is -0.564. The molecule has 0 atom stereocenters. The van der Waals surface area contributed by atoms with Crippen LogP contribution in [0.2, 0.25) is 0 Å². The van der Waals surface area contributed by atoms with Gasteiger partial charge in [0.05, 0.1) is 16.4 Å². The van der Waals surface area contributed by atoms with Crippen molar-refractivity contribution in [2.24, 2.45) is 0 Å². The summed E-state index contributed by atoms with van der Waals surface area (Å²) in [5, 5.41) is 10.8. The Balaban J connectivity index is 1.60. The largest absolute Gasteiger partial charge is 0.488 e. The first kappa shape index (κ1) is 22.2. The smallest absolute Gasteiger partial charge is 0.293 e. The first-order valence-corrected chi connectivity index (χ1v) is 10.7. The molecule has 0 N–H and O–H groups in total. The van der Waals surface area contributed by atoms with Crippen molar-refractivity contribution >= 4 is 34.7 Å². The predicted molar refractivity (Wildman–Crippen MR) is 122 cm³/mol. The molecule has 1 aliphatic rings. The Kier molecular flexibility index (Phi) is 6.50. The molecule has 0 saturated carbocycles. The Morgan fingerprint density at radius 1 is 1.00 bits per heavy atom. The summed E-state index contributed by atoms with van der Waals surface area (Å²) in [6.07, 6.45) is 1.42. The second kappa shape index (κ2) is 9.66. The number of halogens is 1. The van der Waals surface area contributed by atoms with Gasteiger partial charge in [0, 0.05) is 17.7 Å². The number of nitro benzene ring substituents is 1. The maximum Gasteiger partial charge on any atom is 0.293 e. The van der Waals surface area contributed by atoms with E-state index in [1.54, 1.807) is 12.1 Å². The molecule has 2 amide bonds. The predicted octanol–water partition coefficient (Wildman–Crippen LogP) is 5.55. The molecule has 1 heterocycles. The van der Waals surface area contributed by atoms with Crippen LogP contribution in [0.1, 0.15) is 16.7 Å². The third-order valence-corrected chi connectivity index (χ3v) is 5.76. The van der Waals surface area contributed by atoms with Gasteiger partial charge in [-0.1, -0.05) is 42.5 Å². The fraction of sp³-hybridized carbons (Fsp3) is 0.0833. The molecule has 3 aromatic rings. The highest BCUT2D eigenvalue weighted by molar-refractivity contribution is 8.18. The van der Waals surface area contributed by atoms with E-state index in [-0.39, 0.29) is 35.1 Å². The lowest BCUT2D eigenvalue weighted by molar-refractivity contribution is -0.384. The van der Waals surface area contributed by atoms with E-state index in [4.69, 9.17) is 4.74 Å². The lowest BCUT2D eigenvalue weighted by Gasteiger charge is -2.12. The number of benzene rings is 3. The summed E-state index contributed by atoms with van der Waals surface area (Å²) in [5.41, 5.74) is 1.61. The molecular formula is C24H17FN2O5S. The average Bonchev–Trinajstić information content (AvgIpc) is 3.07. The van der Waals surface area contributed by atoms with Crippen LogP contribution in [0.25, 0.3) is 6.08 Å². The Labute approximate surface area is 192 Å². The number of hydrogen-bond donors (Lipinski definition) is 0. The zero-order valence-electron chi connectivity index (χ0n) is 17.1. The first-order valence-electron chi connectivity index (χ1n) is 9.86. The van der Waals surface area contributed by atoms with E-state index in [2.05, 4.69) is 0 Å². The van der Waals surface area contributed by atoms with Crippen molar-refractivity contribution in [2.75, 3.05) is 0 Å². The van der Waals surface area contributed by atoms with Crippen LogP contribution in [0.4, 0.5) is 14.9 Å². The van der Waals surface area contributed by atoms with Crippen molar-refractivity contribution < 1.29 is 23.6 Å². The summed E-state index contributed by atoms with van der Waals surface area (Å²) in [7, 11) is 0. The number of ether oxygens (including phenoxy) is 1. The summed E-state index contributed by atoms with van der Waals surface area (Å²) in [6.45, 7) is 0.222. The quantitative estimate of drug-likeness (QED) is 0.259. The summed E-state index contributed by atoms with van der Waals surface area (Å²) in [6, 6.07) is 18.8. The Hall–Kier alpha value is -3.98. The van der Waals surface area contributed by atoms with E-state index in [1.165, 1.54) is 36.4 Å². The van der Waals surface area contributed by atoms with E-state index in [0.29, 0.717) is 11.3 Å². The number of hydrogen-bond acceptors (Lipinski definition) is 6. The molecule has 0 aromatic heterocycles. The van der Waals surface area contributed by atoms with Gasteiger partial charge in [0.25, 0.3) is 16.8 Å². The lowest BCUT2D eigenvalue weighted by atomic mass is 10.1. The molecule has 33 heavy (non-hydrogen) atoms. The number of thioether (sulfide) groups is 1. The third kappa shape index (κ3) is 5.27. The summed E-state index contributed by atoms with van der Waals surface area (Å²) >= 11 is 0.766. The number of imide groups is 1. The number of non-ortho nitro benzene ring substituents is 1. The lowest BCUT2D eigenvalue weighted by Crippen LogP contribution is -2.27. The highest BCUT2D eigenvalue weighted by atomic mass is 32.2. The molecule has 7 nitrogen and oxygen atoms in total. The SMILES string of the molecule is O=C1S/C(=C\c2cc([N+](=O)[O-])ccc2OCc2ccc(F)cc2)C(=O)N1Cc1ccccc1. The van der Waals surface area contributed by atoms with E-state index >= 15 is 0 Å². The zero-order chi connectivity index (χ0) is 23.4. The van der Waals surface area contributed by atoms with Crippen molar-refractivity contribution in [3.63, 3.8) is 0 Å². The van der Waals surface area contributed by atoms with Crippen molar-refractivity contribution in [1.82, 2.24) is 4.90 Å². The second-order valence-corrected chi connectivity index (χ2v) is 8.14. The van der Waals surface area contributed by atoms with Gasteiger partial charge in [-0.15, -0.1) is 0 Å². The molecule has 4 rings (SSSR count). The Bertz CT molecular complexity index is 1250. The monoisotopic (exact) mass is 464 g/mol. The van der Waals surface area contributed by atoms with Crippen molar-refractivity contribution in [1.29, 1.82) is 0 Å².